The molecule has 0 saturated carbocycles. The van der Waals surface area contributed by atoms with Gasteiger partial charge in [0, 0.05) is 52.3 Å². The Bertz CT molecular complexity index is 821. The predicted molar refractivity (Wildman–Crippen MR) is 98.2 cm³/mol. The maximum Gasteiger partial charge on any atom is 0.254 e. The second-order valence-corrected chi connectivity index (χ2v) is 8.04. The van der Waals surface area contributed by atoms with Gasteiger partial charge in [0.1, 0.15) is 0 Å². The van der Waals surface area contributed by atoms with Crippen LogP contribution in [-0.4, -0.2) is 62.9 Å². The molecular weight excluding hydrogens is 354 g/mol. The maximum absolute atomic E-state index is 12.8. The third-order valence-electron chi connectivity index (χ3n) is 3.86. The Morgan fingerprint density at radius 3 is 2.23 bits per heavy atom. The molecule has 0 bridgehead atoms. The Morgan fingerprint density at radius 1 is 1.08 bits per heavy atom. The Kier molecular flexibility index (Phi) is 6.84. The number of methoxy groups -OCH3 is 1. The van der Waals surface area contributed by atoms with Crippen molar-refractivity contribution in [3.8, 4) is 0 Å². The van der Waals surface area contributed by atoms with E-state index in [0.29, 0.717) is 25.3 Å². The molecule has 2 rings (SSSR count). The Labute approximate surface area is 154 Å². The van der Waals surface area contributed by atoms with Gasteiger partial charge < -0.3 is 9.64 Å². The highest BCUT2D eigenvalue weighted by molar-refractivity contribution is 7.89. The number of sulfonamides is 1. The summed E-state index contributed by atoms with van der Waals surface area (Å²) in [5.74, 6) is -0.187. The summed E-state index contributed by atoms with van der Waals surface area (Å²) in [6.07, 6.45) is 3.35. The lowest BCUT2D eigenvalue weighted by molar-refractivity contribution is 0.0680. The number of rotatable bonds is 8. The number of ether oxygens (including phenoxy) is 1. The first-order chi connectivity index (χ1) is 12.4. The molecule has 0 aliphatic heterocycles. The summed E-state index contributed by atoms with van der Waals surface area (Å²) in [7, 11) is 0.994. The van der Waals surface area contributed by atoms with E-state index in [1.165, 1.54) is 38.4 Å². The van der Waals surface area contributed by atoms with Crippen molar-refractivity contribution in [2.24, 2.45) is 0 Å². The van der Waals surface area contributed by atoms with Crippen LogP contribution in [0.4, 0.5) is 0 Å². The average Bonchev–Trinajstić information content (AvgIpc) is 2.65. The zero-order valence-electron chi connectivity index (χ0n) is 15.1. The van der Waals surface area contributed by atoms with Gasteiger partial charge in [-0.3, -0.25) is 9.78 Å². The fourth-order valence-electron chi connectivity index (χ4n) is 2.33. The molecular formula is C18H23N3O4S. The molecule has 0 radical (unpaired) electrons. The molecule has 1 heterocycles. The zero-order valence-corrected chi connectivity index (χ0v) is 15.9. The molecule has 7 nitrogen and oxygen atoms in total. The molecule has 1 aromatic heterocycles. The molecule has 8 heteroatoms. The van der Waals surface area contributed by atoms with E-state index in [9.17, 15) is 13.2 Å². The monoisotopic (exact) mass is 377 g/mol. The van der Waals surface area contributed by atoms with E-state index < -0.39 is 10.0 Å². The lowest BCUT2D eigenvalue weighted by Gasteiger charge is -2.23. The van der Waals surface area contributed by atoms with Crippen molar-refractivity contribution in [1.82, 2.24) is 14.2 Å². The lowest BCUT2D eigenvalue weighted by Crippen LogP contribution is -2.33. The van der Waals surface area contributed by atoms with Crippen molar-refractivity contribution in [3.05, 3.63) is 59.9 Å². The normalized spacial score (nSPS) is 11.5. The number of aromatic nitrogens is 1. The third-order valence-corrected chi connectivity index (χ3v) is 5.68. The Morgan fingerprint density at radius 2 is 1.69 bits per heavy atom. The van der Waals surface area contributed by atoms with Gasteiger partial charge in [-0.15, -0.1) is 0 Å². The number of nitrogens with zero attached hydrogens (tertiary/aromatic N) is 3. The van der Waals surface area contributed by atoms with Crippen molar-refractivity contribution < 1.29 is 17.9 Å². The highest BCUT2D eigenvalue weighted by Gasteiger charge is 2.20. The van der Waals surface area contributed by atoms with E-state index in [4.69, 9.17) is 4.74 Å². The predicted octanol–water partition coefficient (Wildman–Crippen LogP) is 1.62. The van der Waals surface area contributed by atoms with Crippen LogP contribution in [0.25, 0.3) is 0 Å². The summed E-state index contributed by atoms with van der Waals surface area (Å²) in [5.41, 5.74) is 1.38. The van der Waals surface area contributed by atoms with Gasteiger partial charge in [0.2, 0.25) is 10.0 Å². The second-order valence-electron chi connectivity index (χ2n) is 5.89. The van der Waals surface area contributed by atoms with E-state index in [1.54, 1.807) is 24.4 Å². The Balaban J connectivity index is 2.22. The molecule has 1 amide bonds. The molecule has 0 fully saturated rings. The summed E-state index contributed by atoms with van der Waals surface area (Å²) in [6, 6.07) is 9.66. The molecule has 1 aromatic carbocycles. The minimum atomic E-state index is -3.52. The summed E-state index contributed by atoms with van der Waals surface area (Å²) in [5, 5.41) is 0. The standard InChI is InChI=1S/C18H23N3O4S/c1-20(2)26(23,24)17-6-4-16(5-7-17)18(22)21(12-13-25-3)14-15-8-10-19-11-9-15/h4-11H,12-14H2,1-3H3. The number of hydrogen-bond donors (Lipinski definition) is 0. The third kappa shape index (κ3) is 4.87. The number of benzene rings is 1. The highest BCUT2D eigenvalue weighted by atomic mass is 32.2. The van der Waals surface area contributed by atoms with Crippen molar-refractivity contribution in [1.29, 1.82) is 0 Å². The average molecular weight is 377 g/mol. The molecule has 0 aliphatic rings. The summed E-state index contributed by atoms with van der Waals surface area (Å²) in [4.78, 5) is 18.6. The summed E-state index contributed by atoms with van der Waals surface area (Å²) >= 11 is 0. The van der Waals surface area contributed by atoms with Crippen LogP contribution >= 0.6 is 0 Å². The van der Waals surface area contributed by atoms with Gasteiger partial charge in [-0.05, 0) is 42.0 Å². The van der Waals surface area contributed by atoms with Crippen LogP contribution in [0, 0.1) is 0 Å². The van der Waals surface area contributed by atoms with E-state index in [-0.39, 0.29) is 10.8 Å². The summed E-state index contributed by atoms with van der Waals surface area (Å²) in [6.45, 7) is 1.25. The zero-order chi connectivity index (χ0) is 19.2. The minimum Gasteiger partial charge on any atom is -0.383 e. The fourth-order valence-corrected chi connectivity index (χ4v) is 3.23. The van der Waals surface area contributed by atoms with Crippen LogP contribution < -0.4 is 0 Å². The largest absolute Gasteiger partial charge is 0.383 e. The van der Waals surface area contributed by atoms with Gasteiger partial charge in [-0.1, -0.05) is 0 Å². The van der Waals surface area contributed by atoms with E-state index >= 15 is 0 Å². The van der Waals surface area contributed by atoms with Gasteiger partial charge in [-0.25, -0.2) is 12.7 Å². The van der Waals surface area contributed by atoms with Gasteiger partial charge in [0.25, 0.3) is 5.91 Å². The lowest BCUT2D eigenvalue weighted by atomic mass is 10.1. The number of pyridine rings is 1. The maximum atomic E-state index is 12.8. The van der Waals surface area contributed by atoms with Gasteiger partial charge in [0.15, 0.2) is 0 Å². The summed E-state index contributed by atoms with van der Waals surface area (Å²) < 4.78 is 30.5. The molecule has 0 atom stereocenters. The minimum absolute atomic E-state index is 0.150. The van der Waals surface area contributed by atoms with Crippen LogP contribution in [0.2, 0.25) is 0 Å². The second kappa shape index (κ2) is 8.88. The number of carbonyl (C=O) groups excluding carboxylic acids is 1. The molecule has 0 spiro atoms. The van der Waals surface area contributed by atoms with Crippen LogP contribution in [0.15, 0.2) is 53.7 Å². The Hall–Kier alpha value is -2.29. The molecule has 0 saturated heterocycles. The molecule has 0 aliphatic carbocycles. The van der Waals surface area contributed by atoms with Crippen molar-refractivity contribution in [2.75, 3.05) is 34.4 Å². The van der Waals surface area contributed by atoms with Crippen LogP contribution in [0.1, 0.15) is 15.9 Å². The van der Waals surface area contributed by atoms with Crippen LogP contribution in [-0.2, 0) is 21.3 Å². The van der Waals surface area contributed by atoms with E-state index in [1.807, 2.05) is 12.1 Å². The van der Waals surface area contributed by atoms with Crippen molar-refractivity contribution in [2.45, 2.75) is 11.4 Å². The first kappa shape index (κ1) is 20.0. The highest BCUT2D eigenvalue weighted by Crippen LogP contribution is 2.16. The number of carbonyl (C=O) groups is 1. The quantitative estimate of drug-likeness (QED) is 0.698. The number of amides is 1. The molecule has 0 N–H and O–H groups in total. The topological polar surface area (TPSA) is 79.8 Å². The van der Waals surface area contributed by atoms with E-state index in [0.717, 1.165) is 9.87 Å². The van der Waals surface area contributed by atoms with E-state index in [2.05, 4.69) is 4.98 Å². The molecule has 140 valence electrons. The van der Waals surface area contributed by atoms with Crippen molar-refractivity contribution in [3.63, 3.8) is 0 Å². The molecule has 26 heavy (non-hydrogen) atoms. The fraction of sp³-hybridized carbons (Fsp3) is 0.333. The first-order valence-corrected chi connectivity index (χ1v) is 9.50. The van der Waals surface area contributed by atoms with Crippen molar-refractivity contribution >= 4 is 15.9 Å². The molecule has 2 aromatic rings. The first-order valence-electron chi connectivity index (χ1n) is 8.06. The van der Waals surface area contributed by atoms with Crippen LogP contribution in [0.3, 0.4) is 0 Å². The molecule has 0 unspecified atom stereocenters. The van der Waals surface area contributed by atoms with Crippen LogP contribution in [0.5, 0.6) is 0 Å². The van der Waals surface area contributed by atoms with Gasteiger partial charge in [-0.2, -0.15) is 0 Å². The van der Waals surface area contributed by atoms with Gasteiger partial charge in [0.05, 0.1) is 11.5 Å². The van der Waals surface area contributed by atoms with Gasteiger partial charge >= 0.3 is 0 Å². The SMILES string of the molecule is COCCN(Cc1ccncc1)C(=O)c1ccc(S(=O)(=O)N(C)C)cc1. The number of hydrogen-bond acceptors (Lipinski definition) is 5. The smallest absolute Gasteiger partial charge is 0.254 e.